The van der Waals surface area contributed by atoms with Crippen LogP contribution in [0.25, 0.3) is 0 Å². The van der Waals surface area contributed by atoms with Gasteiger partial charge in [-0.15, -0.1) is 0 Å². The second-order valence-corrected chi connectivity index (χ2v) is 4.18. The molecular formula is C12H17NO7. The van der Waals surface area contributed by atoms with Crippen LogP contribution < -0.4 is 5.32 Å². The largest absolute Gasteiger partial charge is 0.506 e. The highest BCUT2D eigenvalue weighted by atomic mass is 16.4. The molecule has 0 bridgehead atoms. The number of hydrogen-bond donors (Lipinski definition) is 7. The summed E-state index contributed by atoms with van der Waals surface area (Å²) in [7, 11) is 0. The highest BCUT2D eigenvalue weighted by molar-refractivity contribution is 5.95. The Morgan fingerprint density at radius 3 is 2.25 bits per heavy atom. The zero-order valence-electron chi connectivity index (χ0n) is 10.4. The molecule has 0 aliphatic heterocycles. The SMILES string of the molecule is O=C(Nc1ccccc1O)[C@H](O)[C@@H](O)[C@H](O)[C@H](O)CO. The second kappa shape index (κ2) is 7.17. The lowest BCUT2D eigenvalue weighted by molar-refractivity contribution is -0.144. The number of hydrogen-bond acceptors (Lipinski definition) is 7. The summed E-state index contributed by atoms with van der Waals surface area (Å²) in [6, 6.07) is 5.73. The Bertz CT molecular complexity index is 453. The molecule has 1 rings (SSSR count). The van der Waals surface area contributed by atoms with Gasteiger partial charge in [0.05, 0.1) is 12.3 Å². The molecule has 7 N–H and O–H groups in total. The van der Waals surface area contributed by atoms with Crippen molar-refractivity contribution < 1.29 is 35.4 Å². The molecule has 0 unspecified atom stereocenters. The first-order valence-electron chi connectivity index (χ1n) is 5.80. The Balaban J connectivity index is 2.70. The molecule has 8 heteroatoms. The van der Waals surface area contributed by atoms with Gasteiger partial charge in [0.2, 0.25) is 0 Å². The zero-order valence-corrected chi connectivity index (χ0v) is 10.4. The topological polar surface area (TPSA) is 150 Å². The van der Waals surface area contributed by atoms with E-state index in [4.69, 9.17) is 10.2 Å². The van der Waals surface area contributed by atoms with Gasteiger partial charge in [-0.1, -0.05) is 12.1 Å². The normalized spacial score (nSPS) is 17.1. The Morgan fingerprint density at radius 1 is 1.10 bits per heavy atom. The third kappa shape index (κ3) is 3.89. The van der Waals surface area contributed by atoms with E-state index < -0.39 is 36.9 Å². The van der Waals surface area contributed by atoms with Crippen molar-refractivity contribution in [3.05, 3.63) is 24.3 Å². The molecule has 1 amide bonds. The van der Waals surface area contributed by atoms with Gasteiger partial charge in [-0.05, 0) is 12.1 Å². The van der Waals surface area contributed by atoms with Crippen LogP contribution in [0, 0.1) is 0 Å². The summed E-state index contributed by atoms with van der Waals surface area (Å²) in [5, 5.41) is 57.8. The third-order valence-electron chi connectivity index (χ3n) is 2.69. The van der Waals surface area contributed by atoms with Crippen LogP contribution in [-0.4, -0.2) is 67.6 Å². The van der Waals surface area contributed by atoms with Crippen molar-refractivity contribution in [2.75, 3.05) is 11.9 Å². The number of phenols is 1. The van der Waals surface area contributed by atoms with Crippen LogP contribution in [0.15, 0.2) is 24.3 Å². The molecule has 0 fully saturated rings. The number of benzene rings is 1. The van der Waals surface area contributed by atoms with E-state index in [1.807, 2.05) is 0 Å². The average molecular weight is 287 g/mol. The predicted octanol–water partition coefficient (Wildman–Crippen LogP) is -2.23. The van der Waals surface area contributed by atoms with E-state index in [-0.39, 0.29) is 11.4 Å². The number of nitrogens with one attached hydrogen (secondary N) is 1. The summed E-state index contributed by atoms with van der Waals surface area (Å²) in [5.41, 5.74) is 0.0148. The first-order chi connectivity index (χ1) is 9.38. The molecule has 8 nitrogen and oxygen atoms in total. The molecule has 0 spiro atoms. The lowest BCUT2D eigenvalue weighted by atomic mass is 10.0. The number of rotatable bonds is 6. The van der Waals surface area contributed by atoms with E-state index in [1.165, 1.54) is 24.3 Å². The maximum Gasteiger partial charge on any atom is 0.256 e. The first kappa shape index (κ1) is 16.3. The number of phenolic OH excluding ortho intramolecular Hbond substituents is 1. The predicted molar refractivity (Wildman–Crippen MR) is 67.8 cm³/mol. The highest BCUT2D eigenvalue weighted by Crippen LogP contribution is 2.22. The minimum atomic E-state index is -2.05. The van der Waals surface area contributed by atoms with E-state index in [0.29, 0.717) is 0 Å². The smallest absolute Gasteiger partial charge is 0.256 e. The molecule has 0 aromatic heterocycles. The van der Waals surface area contributed by atoms with E-state index in [2.05, 4.69) is 5.32 Å². The van der Waals surface area contributed by atoms with E-state index in [9.17, 15) is 25.2 Å². The minimum absolute atomic E-state index is 0.0148. The molecule has 0 aliphatic carbocycles. The maximum atomic E-state index is 11.6. The summed E-state index contributed by atoms with van der Waals surface area (Å²) in [5.74, 6) is -1.32. The highest BCUT2D eigenvalue weighted by Gasteiger charge is 2.34. The van der Waals surface area contributed by atoms with Crippen LogP contribution in [-0.2, 0) is 4.79 Å². The number of para-hydroxylation sites is 2. The summed E-state index contributed by atoms with van der Waals surface area (Å²) in [6.07, 6.45) is -7.64. The number of carbonyl (C=O) groups excluding carboxylic acids is 1. The van der Waals surface area contributed by atoms with Crippen LogP contribution in [0.1, 0.15) is 0 Å². The molecule has 0 aliphatic rings. The fraction of sp³-hybridized carbons (Fsp3) is 0.417. The van der Waals surface area contributed by atoms with Gasteiger partial charge in [0.15, 0.2) is 6.10 Å². The van der Waals surface area contributed by atoms with E-state index in [1.54, 1.807) is 0 Å². The van der Waals surface area contributed by atoms with E-state index in [0.717, 1.165) is 0 Å². The first-order valence-corrected chi connectivity index (χ1v) is 5.80. The van der Waals surface area contributed by atoms with Crippen molar-refractivity contribution in [3.8, 4) is 5.75 Å². The number of aliphatic hydroxyl groups is 5. The van der Waals surface area contributed by atoms with Crippen molar-refractivity contribution in [2.24, 2.45) is 0 Å². The third-order valence-corrected chi connectivity index (χ3v) is 2.69. The minimum Gasteiger partial charge on any atom is -0.506 e. The Hall–Kier alpha value is -1.71. The molecular weight excluding hydrogens is 270 g/mol. The summed E-state index contributed by atoms with van der Waals surface area (Å²) >= 11 is 0. The van der Waals surface area contributed by atoms with Crippen LogP contribution in [0.2, 0.25) is 0 Å². The number of aliphatic hydroxyl groups excluding tert-OH is 5. The van der Waals surface area contributed by atoms with Crippen LogP contribution in [0.4, 0.5) is 5.69 Å². The van der Waals surface area contributed by atoms with Crippen molar-refractivity contribution in [1.29, 1.82) is 0 Å². The number of amides is 1. The Labute approximate surface area is 114 Å². The van der Waals surface area contributed by atoms with Crippen molar-refractivity contribution in [2.45, 2.75) is 24.4 Å². The molecule has 0 saturated carbocycles. The standard InChI is InChI=1S/C12H17NO7/c14-5-8(16)9(17)10(18)11(19)12(20)13-6-3-1-2-4-7(6)15/h1-4,8-11,14-19H,5H2,(H,13,20)/t8-,9-,10+,11-/m1/s1. The van der Waals surface area contributed by atoms with Gasteiger partial charge in [-0.25, -0.2) is 0 Å². The second-order valence-electron chi connectivity index (χ2n) is 4.18. The van der Waals surface area contributed by atoms with Gasteiger partial charge in [0.1, 0.15) is 24.1 Å². The average Bonchev–Trinajstić information content (AvgIpc) is 2.46. The molecule has 0 heterocycles. The summed E-state index contributed by atoms with van der Waals surface area (Å²) in [6.45, 7) is -0.841. The van der Waals surface area contributed by atoms with Gasteiger partial charge in [-0.3, -0.25) is 4.79 Å². The molecule has 20 heavy (non-hydrogen) atoms. The zero-order chi connectivity index (χ0) is 15.3. The number of anilines is 1. The molecule has 0 saturated heterocycles. The Morgan fingerprint density at radius 2 is 1.70 bits per heavy atom. The van der Waals surface area contributed by atoms with Crippen LogP contribution in [0.5, 0.6) is 5.75 Å². The van der Waals surface area contributed by atoms with Gasteiger partial charge in [0.25, 0.3) is 5.91 Å². The fourth-order valence-corrected chi connectivity index (χ4v) is 1.46. The van der Waals surface area contributed by atoms with Crippen LogP contribution in [0.3, 0.4) is 0 Å². The van der Waals surface area contributed by atoms with Crippen LogP contribution >= 0.6 is 0 Å². The molecule has 112 valence electrons. The molecule has 1 aromatic rings. The molecule has 0 radical (unpaired) electrons. The maximum absolute atomic E-state index is 11.6. The van der Waals surface area contributed by atoms with Gasteiger partial charge in [-0.2, -0.15) is 0 Å². The van der Waals surface area contributed by atoms with Gasteiger partial charge in [0, 0.05) is 0 Å². The van der Waals surface area contributed by atoms with Gasteiger partial charge >= 0.3 is 0 Å². The number of carbonyl (C=O) groups is 1. The Kier molecular flexibility index (Phi) is 5.86. The summed E-state index contributed by atoms with van der Waals surface area (Å²) in [4.78, 5) is 11.6. The lowest BCUT2D eigenvalue weighted by Gasteiger charge is -2.25. The summed E-state index contributed by atoms with van der Waals surface area (Å²) < 4.78 is 0. The molecule has 1 aromatic carbocycles. The van der Waals surface area contributed by atoms with Crippen molar-refractivity contribution in [3.63, 3.8) is 0 Å². The monoisotopic (exact) mass is 287 g/mol. The number of aromatic hydroxyl groups is 1. The van der Waals surface area contributed by atoms with Gasteiger partial charge < -0.3 is 36.0 Å². The van der Waals surface area contributed by atoms with Crippen molar-refractivity contribution >= 4 is 11.6 Å². The lowest BCUT2D eigenvalue weighted by Crippen LogP contribution is -2.50. The molecule has 4 atom stereocenters. The van der Waals surface area contributed by atoms with Crippen molar-refractivity contribution in [1.82, 2.24) is 0 Å². The van der Waals surface area contributed by atoms with E-state index >= 15 is 0 Å². The fourth-order valence-electron chi connectivity index (χ4n) is 1.46. The quantitative estimate of drug-likeness (QED) is 0.292.